The number of unbranched alkanes of at least 4 members (excludes halogenated alkanes) is 3. The van der Waals surface area contributed by atoms with E-state index in [4.69, 9.17) is 4.18 Å². The van der Waals surface area contributed by atoms with Crippen molar-refractivity contribution in [1.29, 1.82) is 0 Å². The number of carbonyl (C=O) groups excluding carboxylic acids is 1. The minimum Gasteiger partial charge on any atom is -0.507 e. The normalized spacial score (nSPS) is 11.7. The van der Waals surface area contributed by atoms with Gasteiger partial charge < -0.3 is 9.29 Å². The van der Waals surface area contributed by atoms with Gasteiger partial charge in [0.15, 0.2) is 0 Å². The number of carbonyl (C=O) groups is 1. The summed E-state index contributed by atoms with van der Waals surface area (Å²) in [6.07, 6.45) is 5.93. The van der Waals surface area contributed by atoms with Gasteiger partial charge in [-0.1, -0.05) is 86.8 Å². The molecule has 1 N–H and O–H groups in total. The van der Waals surface area contributed by atoms with Crippen LogP contribution in [0, 0.1) is 0 Å². The number of phenols is 1. The molecule has 4 aromatic rings. The Hall–Kier alpha value is -3.50. The zero-order valence-electron chi connectivity index (χ0n) is 20.1. The molecule has 0 aromatic heterocycles. The van der Waals surface area contributed by atoms with Crippen molar-refractivity contribution in [3.63, 3.8) is 0 Å². The highest BCUT2D eigenvalue weighted by atomic mass is 32.3. The molecule has 4 heteroatoms. The highest BCUT2D eigenvalue weighted by Crippen LogP contribution is 2.69. The van der Waals surface area contributed by atoms with Crippen LogP contribution in [0.25, 0.3) is 0 Å². The molecule has 0 amide bonds. The first-order chi connectivity index (χ1) is 17.1. The molecule has 180 valence electrons. The van der Waals surface area contributed by atoms with E-state index in [1.807, 2.05) is 60.7 Å². The SMILES string of the molecule is CCCCCCc1ccc(S(OC(=O)c2ccccc2O)(c2ccccc2)c2ccccc2)cc1. The molecule has 0 aliphatic carbocycles. The quantitative estimate of drug-likeness (QED) is 0.229. The molecule has 0 aliphatic rings. The minimum absolute atomic E-state index is 0.0886. The molecule has 0 bridgehead atoms. The van der Waals surface area contributed by atoms with E-state index < -0.39 is 16.3 Å². The topological polar surface area (TPSA) is 46.5 Å². The first kappa shape index (κ1) is 24.6. The lowest BCUT2D eigenvalue weighted by Gasteiger charge is -2.39. The molecule has 0 saturated heterocycles. The van der Waals surface area contributed by atoms with Crippen molar-refractivity contribution in [3.8, 4) is 5.75 Å². The maximum atomic E-state index is 13.5. The van der Waals surface area contributed by atoms with Crippen LogP contribution >= 0.6 is 10.3 Å². The number of para-hydroxylation sites is 1. The van der Waals surface area contributed by atoms with E-state index in [2.05, 4.69) is 31.2 Å². The molecule has 0 radical (unpaired) electrons. The molecule has 0 atom stereocenters. The van der Waals surface area contributed by atoms with Crippen LogP contribution < -0.4 is 0 Å². The van der Waals surface area contributed by atoms with Crippen molar-refractivity contribution in [2.45, 2.75) is 53.7 Å². The predicted molar refractivity (Wildman–Crippen MR) is 143 cm³/mol. The highest BCUT2D eigenvalue weighted by molar-refractivity contribution is 8.30. The van der Waals surface area contributed by atoms with Gasteiger partial charge in [0, 0.05) is 14.7 Å². The average molecular weight is 485 g/mol. The van der Waals surface area contributed by atoms with E-state index in [0.717, 1.165) is 21.1 Å². The van der Waals surface area contributed by atoms with Crippen LogP contribution in [0.2, 0.25) is 0 Å². The number of benzene rings is 4. The Balaban J connectivity index is 1.81. The summed E-state index contributed by atoms with van der Waals surface area (Å²) in [5, 5.41) is 10.4. The van der Waals surface area contributed by atoms with Gasteiger partial charge in [-0.25, -0.2) is 4.79 Å². The second-order valence-electron chi connectivity index (χ2n) is 8.52. The molecule has 0 heterocycles. The molecule has 0 fully saturated rings. The lowest BCUT2D eigenvalue weighted by molar-refractivity contribution is 0.0754. The first-order valence-corrected chi connectivity index (χ1v) is 13.7. The van der Waals surface area contributed by atoms with Gasteiger partial charge in [0.2, 0.25) is 0 Å². The van der Waals surface area contributed by atoms with Gasteiger partial charge in [-0.2, -0.15) is 0 Å². The summed E-state index contributed by atoms with van der Waals surface area (Å²) in [4.78, 5) is 16.3. The third-order valence-corrected chi connectivity index (χ3v) is 9.26. The van der Waals surface area contributed by atoms with Crippen molar-refractivity contribution in [2.75, 3.05) is 0 Å². The Bertz CT molecular complexity index is 1180. The largest absolute Gasteiger partial charge is 0.507 e. The van der Waals surface area contributed by atoms with Gasteiger partial charge in [0.05, 0.1) is 0 Å². The number of phenolic OH excluding ortho intramolecular Hbond substituents is 1. The summed E-state index contributed by atoms with van der Waals surface area (Å²) in [5.41, 5.74) is 1.44. The second-order valence-corrected chi connectivity index (χ2v) is 11.2. The summed E-state index contributed by atoms with van der Waals surface area (Å²) < 4.78 is 6.50. The van der Waals surface area contributed by atoms with Crippen molar-refractivity contribution < 1.29 is 14.1 Å². The van der Waals surface area contributed by atoms with Gasteiger partial charge in [-0.05, 0) is 77.2 Å². The highest BCUT2D eigenvalue weighted by Gasteiger charge is 2.36. The van der Waals surface area contributed by atoms with E-state index in [9.17, 15) is 9.90 Å². The van der Waals surface area contributed by atoms with Crippen LogP contribution in [0.15, 0.2) is 124 Å². The number of aryl methyl sites for hydroxylation is 1. The van der Waals surface area contributed by atoms with Crippen LogP contribution in [0.5, 0.6) is 5.75 Å². The van der Waals surface area contributed by atoms with E-state index >= 15 is 0 Å². The summed E-state index contributed by atoms with van der Waals surface area (Å²) >= 11 is 0. The molecule has 0 saturated carbocycles. The summed E-state index contributed by atoms with van der Waals surface area (Å²) in [6, 6.07) is 34.9. The molecule has 4 rings (SSSR count). The Morgan fingerprint density at radius 2 is 1.23 bits per heavy atom. The Morgan fingerprint density at radius 1 is 0.686 bits per heavy atom. The van der Waals surface area contributed by atoms with Crippen LogP contribution in [0.4, 0.5) is 0 Å². The number of rotatable bonds is 10. The smallest absolute Gasteiger partial charge is 0.353 e. The first-order valence-electron chi connectivity index (χ1n) is 12.2. The predicted octanol–water partition coefficient (Wildman–Crippen LogP) is 8.57. The van der Waals surface area contributed by atoms with E-state index in [1.165, 1.54) is 37.3 Å². The maximum Gasteiger partial charge on any atom is 0.353 e. The van der Waals surface area contributed by atoms with E-state index in [0.29, 0.717) is 0 Å². The number of hydrogen-bond donors (Lipinski definition) is 1. The Morgan fingerprint density at radius 3 is 1.80 bits per heavy atom. The third-order valence-electron chi connectivity index (χ3n) is 6.05. The third kappa shape index (κ3) is 5.60. The zero-order valence-corrected chi connectivity index (χ0v) is 20.9. The minimum atomic E-state index is -2.40. The second kappa shape index (κ2) is 11.8. The van der Waals surface area contributed by atoms with Crippen molar-refractivity contribution in [2.24, 2.45) is 0 Å². The standard InChI is InChI=1S/C31H32O3S/c1-2-3-4-7-14-25-21-23-28(24-22-25)35(26-15-8-5-9-16-26,27-17-10-6-11-18-27)34-31(33)29-19-12-13-20-30(29)32/h5-6,8-13,15-24,32H,2-4,7,14H2,1H3. The monoisotopic (exact) mass is 484 g/mol. The van der Waals surface area contributed by atoms with Gasteiger partial charge in [-0.3, -0.25) is 0 Å². The summed E-state index contributed by atoms with van der Waals surface area (Å²) in [6.45, 7) is 2.22. The zero-order chi connectivity index (χ0) is 24.5. The molecular weight excluding hydrogens is 452 g/mol. The van der Waals surface area contributed by atoms with Crippen LogP contribution in [-0.2, 0) is 10.6 Å². The van der Waals surface area contributed by atoms with E-state index in [1.54, 1.807) is 18.2 Å². The lowest BCUT2D eigenvalue weighted by atomic mass is 10.1. The molecule has 0 aliphatic heterocycles. The van der Waals surface area contributed by atoms with Crippen molar-refractivity contribution in [1.82, 2.24) is 0 Å². The molecular formula is C31H32O3S. The van der Waals surface area contributed by atoms with Gasteiger partial charge in [0.25, 0.3) is 0 Å². The van der Waals surface area contributed by atoms with Gasteiger partial charge in [0.1, 0.15) is 11.3 Å². The average Bonchev–Trinajstić information content (AvgIpc) is 2.91. The van der Waals surface area contributed by atoms with Gasteiger partial charge >= 0.3 is 5.97 Å². The van der Waals surface area contributed by atoms with Crippen LogP contribution in [0.3, 0.4) is 0 Å². The molecule has 0 spiro atoms. The fourth-order valence-electron chi connectivity index (χ4n) is 4.19. The van der Waals surface area contributed by atoms with E-state index in [-0.39, 0.29) is 11.3 Å². The fourth-order valence-corrected chi connectivity index (χ4v) is 7.21. The summed E-state index contributed by atoms with van der Waals surface area (Å²) in [7, 11) is -2.40. The Labute approximate surface area is 209 Å². The van der Waals surface area contributed by atoms with Crippen LogP contribution in [-0.4, -0.2) is 11.1 Å². The Kier molecular flexibility index (Phi) is 8.27. The van der Waals surface area contributed by atoms with Crippen molar-refractivity contribution >= 4 is 16.3 Å². The lowest BCUT2D eigenvalue weighted by Crippen LogP contribution is -2.14. The molecule has 3 nitrogen and oxygen atoms in total. The van der Waals surface area contributed by atoms with Crippen molar-refractivity contribution in [3.05, 3.63) is 120 Å². The molecule has 0 unspecified atom stereocenters. The maximum absolute atomic E-state index is 13.5. The number of aromatic hydroxyl groups is 1. The molecule has 4 aromatic carbocycles. The summed E-state index contributed by atoms with van der Waals surface area (Å²) in [5.74, 6) is -0.635. The molecule has 35 heavy (non-hydrogen) atoms. The van der Waals surface area contributed by atoms with Crippen LogP contribution in [0.1, 0.15) is 48.5 Å². The van der Waals surface area contributed by atoms with Gasteiger partial charge in [-0.15, -0.1) is 0 Å². The fraction of sp³-hybridized carbons (Fsp3) is 0.194. The number of hydrogen-bond acceptors (Lipinski definition) is 3.